The average Bonchev–Trinajstić information content (AvgIpc) is 2.63. The molecule has 6 nitrogen and oxygen atoms in total. The highest BCUT2D eigenvalue weighted by Crippen LogP contribution is 2.21. The highest BCUT2D eigenvalue weighted by Gasteiger charge is 2.26. The van der Waals surface area contributed by atoms with Crippen LogP contribution in [-0.4, -0.2) is 40.1 Å². The number of hydrogen-bond donors (Lipinski definition) is 0. The Morgan fingerprint density at radius 3 is 2.95 bits per heavy atom. The minimum Gasteiger partial charge on any atom is -0.377 e. The summed E-state index contributed by atoms with van der Waals surface area (Å²) < 4.78 is 8.73. The van der Waals surface area contributed by atoms with Crippen molar-refractivity contribution in [3.05, 3.63) is 28.9 Å². The summed E-state index contributed by atoms with van der Waals surface area (Å²) in [6.45, 7) is 3.61. The van der Waals surface area contributed by atoms with Gasteiger partial charge in [-0.2, -0.15) is 0 Å². The second-order valence-electron chi connectivity index (χ2n) is 4.75. The fourth-order valence-corrected chi connectivity index (χ4v) is 2.30. The molecule has 3 heterocycles. The molecule has 0 radical (unpaired) electrons. The SMILES string of the molecule is CN=C(C)Cn1c(=O)n(C2COC2)c2ccncc21. The van der Waals surface area contributed by atoms with E-state index in [1.165, 1.54) is 0 Å². The second-order valence-corrected chi connectivity index (χ2v) is 4.75. The molecule has 0 amide bonds. The molecule has 1 aliphatic rings. The van der Waals surface area contributed by atoms with Gasteiger partial charge in [-0.25, -0.2) is 4.79 Å². The lowest BCUT2D eigenvalue weighted by molar-refractivity contribution is -0.0231. The van der Waals surface area contributed by atoms with E-state index in [0.717, 1.165) is 16.7 Å². The van der Waals surface area contributed by atoms with E-state index in [9.17, 15) is 4.79 Å². The molecule has 100 valence electrons. The molecular formula is C13H16N4O2. The Labute approximate surface area is 110 Å². The van der Waals surface area contributed by atoms with E-state index in [4.69, 9.17) is 4.74 Å². The lowest BCUT2D eigenvalue weighted by Crippen LogP contribution is -2.38. The summed E-state index contributed by atoms with van der Waals surface area (Å²) in [6, 6.07) is 2.02. The largest absolute Gasteiger partial charge is 0.377 e. The molecule has 1 aliphatic heterocycles. The third kappa shape index (κ3) is 1.88. The number of nitrogens with zero attached hydrogens (tertiary/aromatic N) is 4. The summed E-state index contributed by atoms with van der Waals surface area (Å²) in [5, 5.41) is 0. The number of hydrogen-bond acceptors (Lipinski definition) is 4. The summed E-state index contributed by atoms with van der Waals surface area (Å²) in [7, 11) is 1.73. The van der Waals surface area contributed by atoms with Gasteiger partial charge in [0.15, 0.2) is 0 Å². The van der Waals surface area contributed by atoms with Crippen LogP contribution in [0.4, 0.5) is 0 Å². The average molecular weight is 260 g/mol. The van der Waals surface area contributed by atoms with Crippen molar-refractivity contribution in [3.63, 3.8) is 0 Å². The van der Waals surface area contributed by atoms with E-state index in [2.05, 4.69) is 9.98 Å². The molecular weight excluding hydrogens is 244 g/mol. The minimum atomic E-state index is -0.0145. The number of pyridine rings is 1. The predicted octanol–water partition coefficient (Wildman–Crippen LogP) is 0.860. The van der Waals surface area contributed by atoms with Gasteiger partial charge in [0.05, 0.1) is 43.0 Å². The van der Waals surface area contributed by atoms with Gasteiger partial charge in [0.2, 0.25) is 0 Å². The molecule has 0 unspecified atom stereocenters. The maximum atomic E-state index is 12.6. The van der Waals surface area contributed by atoms with Crippen molar-refractivity contribution in [1.82, 2.24) is 14.1 Å². The first kappa shape index (κ1) is 12.1. The first-order valence-electron chi connectivity index (χ1n) is 6.27. The van der Waals surface area contributed by atoms with Crippen molar-refractivity contribution in [3.8, 4) is 0 Å². The van der Waals surface area contributed by atoms with Crippen LogP contribution in [0.15, 0.2) is 28.2 Å². The summed E-state index contributed by atoms with van der Waals surface area (Å²) in [5.74, 6) is 0. The van der Waals surface area contributed by atoms with Crippen LogP contribution in [0, 0.1) is 0 Å². The second kappa shape index (κ2) is 4.62. The number of imidazole rings is 1. The van der Waals surface area contributed by atoms with Crippen molar-refractivity contribution < 1.29 is 4.74 Å². The van der Waals surface area contributed by atoms with Crippen LogP contribution in [0.3, 0.4) is 0 Å². The Morgan fingerprint density at radius 2 is 2.32 bits per heavy atom. The molecule has 3 rings (SSSR count). The van der Waals surface area contributed by atoms with Crippen LogP contribution in [0.1, 0.15) is 13.0 Å². The molecule has 0 aliphatic carbocycles. The topological polar surface area (TPSA) is 61.4 Å². The van der Waals surface area contributed by atoms with E-state index in [1.54, 1.807) is 24.0 Å². The van der Waals surface area contributed by atoms with Gasteiger partial charge in [-0.05, 0) is 13.0 Å². The van der Waals surface area contributed by atoms with Crippen molar-refractivity contribution >= 4 is 16.7 Å². The van der Waals surface area contributed by atoms with E-state index < -0.39 is 0 Å². The lowest BCUT2D eigenvalue weighted by Gasteiger charge is -2.26. The number of fused-ring (bicyclic) bond motifs is 1. The number of aliphatic imine (C=N–C) groups is 1. The fraction of sp³-hybridized carbons (Fsp3) is 0.462. The zero-order valence-electron chi connectivity index (χ0n) is 11.0. The third-order valence-electron chi connectivity index (χ3n) is 3.52. The van der Waals surface area contributed by atoms with Gasteiger partial charge in [-0.1, -0.05) is 0 Å². The Kier molecular flexibility index (Phi) is 2.94. The van der Waals surface area contributed by atoms with Crippen molar-refractivity contribution in [2.24, 2.45) is 4.99 Å². The van der Waals surface area contributed by atoms with E-state index in [1.807, 2.05) is 17.6 Å². The van der Waals surface area contributed by atoms with Gasteiger partial charge < -0.3 is 4.74 Å². The Hall–Kier alpha value is -1.95. The van der Waals surface area contributed by atoms with Gasteiger partial charge >= 0.3 is 5.69 Å². The minimum absolute atomic E-state index is 0.0145. The number of ether oxygens (including phenoxy) is 1. The van der Waals surface area contributed by atoms with Gasteiger partial charge in [-0.3, -0.25) is 19.1 Å². The summed E-state index contributed by atoms with van der Waals surface area (Å²) in [5.41, 5.74) is 2.66. The van der Waals surface area contributed by atoms with Gasteiger partial charge in [0.1, 0.15) is 0 Å². The van der Waals surface area contributed by atoms with E-state index in [0.29, 0.717) is 19.8 Å². The molecule has 0 saturated carbocycles. The van der Waals surface area contributed by atoms with Crippen LogP contribution >= 0.6 is 0 Å². The monoisotopic (exact) mass is 260 g/mol. The molecule has 2 aromatic heterocycles. The highest BCUT2D eigenvalue weighted by atomic mass is 16.5. The molecule has 2 aromatic rings. The quantitative estimate of drug-likeness (QED) is 0.769. The smallest absolute Gasteiger partial charge is 0.329 e. The van der Waals surface area contributed by atoms with Gasteiger partial charge in [-0.15, -0.1) is 0 Å². The molecule has 0 aromatic carbocycles. The Bertz CT molecular complexity index is 694. The molecule has 6 heteroatoms. The number of rotatable bonds is 3. The van der Waals surface area contributed by atoms with Gasteiger partial charge in [0, 0.05) is 19.0 Å². The fourth-order valence-electron chi connectivity index (χ4n) is 2.30. The Balaban J connectivity index is 2.21. The Morgan fingerprint density at radius 1 is 1.53 bits per heavy atom. The van der Waals surface area contributed by atoms with Crippen LogP contribution in [-0.2, 0) is 11.3 Å². The first-order chi connectivity index (χ1) is 9.22. The summed E-state index contributed by atoms with van der Waals surface area (Å²) in [6.07, 6.45) is 3.44. The highest BCUT2D eigenvalue weighted by molar-refractivity contribution is 5.84. The van der Waals surface area contributed by atoms with Crippen molar-refractivity contribution in [1.29, 1.82) is 0 Å². The molecule has 0 bridgehead atoms. The lowest BCUT2D eigenvalue weighted by atomic mass is 10.2. The molecule has 0 spiro atoms. The molecule has 0 atom stereocenters. The molecule has 1 fully saturated rings. The normalized spacial score (nSPS) is 16.8. The van der Waals surface area contributed by atoms with Crippen molar-refractivity contribution in [2.75, 3.05) is 20.3 Å². The zero-order valence-corrected chi connectivity index (χ0v) is 11.0. The van der Waals surface area contributed by atoms with Crippen LogP contribution in [0.5, 0.6) is 0 Å². The van der Waals surface area contributed by atoms with Crippen molar-refractivity contribution in [2.45, 2.75) is 19.5 Å². The molecule has 0 N–H and O–H groups in total. The molecule has 1 saturated heterocycles. The standard InChI is InChI=1S/C13H16N4O2/c1-9(14-2)6-16-12-5-15-4-3-11(12)17(13(16)18)10-7-19-8-10/h3-5,10H,6-8H2,1-2H3. The zero-order chi connectivity index (χ0) is 13.4. The third-order valence-corrected chi connectivity index (χ3v) is 3.52. The molecule has 19 heavy (non-hydrogen) atoms. The van der Waals surface area contributed by atoms with E-state index in [-0.39, 0.29) is 11.7 Å². The maximum Gasteiger partial charge on any atom is 0.329 e. The predicted molar refractivity (Wildman–Crippen MR) is 72.9 cm³/mol. The van der Waals surface area contributed by atoms with Crippen LogP contribution in [0.25, 0.3) is 11.0 Å². The van der Waals surface area contributed by atoms with Crippen LogP contribution < -0.4 is 5.69 Å². The maximum absolute atomic E-state index is 12.6. The summed E-state index contributed by atoms with van der Waals surface area (Å²) >= 11 is 0. The first-order valence-corrected chi connectivity index (χ1v) is 6.27. The summed E-state index contributed by atoms with van der Waals surface area (Å²) in [4.78, 5) is 20.8. The van der Waals surface area contributed by atoms with Gasteiger partial charge in [0.25, 0.3) is 0 Å². The number of aromatic nitrogens is 3. The van der Waals surface area contributed by atoms with E-state index >= 15 is 0 Å². The van der Waals surface area contributed by atoms with Crippen LogP contribution in [0.2, 0.25) is 0 Å².